The molecule has 0 aromatic heterocycles. The van der Waals surface area contributed by atoms with Gasteiger partial charge < -0.3 is 14.7 Å². The Kier molecular flexibility index (Phi) is 4.38. The number of rotatable bonds is 6. The molecule has 1 aromatic carbocycles. The fourth-order valence-electron chi connectivity index (χ4n) is 0.862. The van der Waals surface area contributed by atoms with E-state index in [2.05, 4.69) is 9.05 Å². The number of phosphoric ester groups is 1. The van der Waals surface area contributed by atoms with Crippen LogP contribution in [0.25, 0.3) is 0 Å². The predicted octanol–water partition coefficient (Wildman–Crippen LogP) is 0.0975. The van der Waals surface area contributed by atoms with E-state index in [1.54, 1.807) is 6.07 Å². The molecule has 3 N–H and O–H groups in total. The van der Waals surface area contributed by atoms with Crippen LogP contribution in [0.3, 0.4) is 0 Å². The van der Waals surface area contributed by atoms with E-state index in [1.807, 2.05) is 0 Å². The zero-order valence-corrected chi connectivity index (χ0v) is 9.77. The van der Waals surface area contributed by atoms with Crippen LogP contribution >= 0.6 is 7.82 Å². The minimum absolute atomic E-state index is 0.00841. The molecule has 0 saturated carbocycles. The van der Waals surface area contributed by atoms with Crippen molar-refractivity contribution in [3.05, 3.63) is 40.4 Å². The van der Waals surface area contributed by atoms with E-state index in [0.29, 0.717) is 0 Å². The molecule has 0 spiro atoms. The molecular weight excluding hydrogens is 269 g/mol. The smallest absolute Gasteiger partial charge is 0.404 e. The zero-order chi connectivity index (χ0) is 13.8. The molecule has 0 heterocycles. The molecule has 0 amide bonds. The van der Waals surface area contributed by atoms with Gasteiger partial charge >= 0.3 is 13.7 Å². The summed E-state index contributed by atoms with van der Waals surface area (Å²) < 4.78 is 19.9. The predicted molar refractivity (Wildman–Crippen MR) is 57.0 cm³/mol. The number of hydrogen-bond acceptors (Lipinski definition) is 7. The highest BCUT2D eigenvalue weighted by Crippen LogP contribution is 2.44. The summed E-state index contributed by atoms with van der Waals surface area (Å²) in [4.78, 5) is 17.8. The number of hydrogen-bond donors (Lipinski definition) is 3. The van der Waals surface area contributed by atoms with Gasteiger partial charge in [0.2, 0.25) is 0 Å². The molecule has 9 nitrogen and oxygen atoms in total. The van der Waals surface area contributed by atoms with E-state index in [4.69, 9.17) is 10.2 Å². The van der Waals surface area contributed by atoms with Crippen molar-refractivity contribution in [2.24, 2.45) is 0 Å². The summed E-state index contributed by atoms with van der Waals surface area (Å²) in [5.41, 5.74) is 0. The van der Waals surface area contributed by atoms with E-state index in [9.17, 15) is 19.6 Å². The van der Waals surface area contributed by atoms with E-state index in [0.717, 1.165) is 0 Å². The van der Waals surface area contributed by atoms with Crippen LogP contribution in [0.15, 0.2) is 30.3 Å². The maximum Gasteiger partial charge on any atom is 0.527 e. The van der Waals surface area contributed by atoms with Crippen molar-refractivity contribution in [3.63, 3.8) is 0 Å². The first-order valence-electron chi connectivity index (χ1n) is 4.54. The SMILES string of the molecule is O=[N+]([O-])C(O)(O)COP(=O)(O)Oc1ccccc1. The lowest BCUT2D eigenvalue weighted by molar-refractivity contribution is -0.684. The van der Waals surface area contributed by atoms with E-state index < -0.39 is 25.3 Å². The summed E-state index contributed by atoms with van der Waals surface area (Å²) in [5, 5.41) is 27.6. The van der Waals surface area contributed by atoms with Crippen LogP contribution in [0.4, 0.5) is 0 Å². The van der Waals surface area contributed by atoms with Crippen molar-refractivity contribution in [1.82, 2.24) is 0 Å². The Hall–Kier alpha value is -1.51. The second kappa shape index (κ2) is 5.42. The maximum absolute atomic E-state index is 11.3. The van der Waals surface area contributed by atoms with Crippen LogP contribution in [0, 0.1) is 10.1 Å². The Labute approximate surface area is 101 Å². The molecule has 18 heavy (non-hydrogen) atoms. The van der Waals surface area contributed by atoms with Crippen molar-refractivity contribution < 1.29 is 33.6 Å². The largest absolute Gasteiger partial charge is 0.527 e. The standard InChI is InChI=1S/C8H10NO8P/c10-8(11,9(12)13)6-16-18(14,15)17-7-4-2-1-3-5-7/h1-5,10-11H,6H2,(H,14,15). The summed E-state index contributed by atoms with van der Waals surface area (Å²) in [6, 6.07) is 7.38. The Morgan fingerprint density at radius 3 is 2.39 bits per heavy atom. The molecule has 1 rings (SSSR count). The third-order valence-corrected chi connectivity index (χ3v) is 2.57. The van der Waals surface area contributed by atoms with Crippen molar-refractivity contribution in [2.45, 2.75) is 5.91 Å². The number of benzene rings is 1. The molecule has 1 aromatic rings. The van der Waals surface area contributed by atoms with Gasteiger partial charge in [-0.25, -0.2) is 4.57 Å². The number of aliphatic hydroxyl groups is 2. The van der Waals surface area contributed by atoms with Crippen LogP contribution in [0.2, 0.25) is 0 Å². The van der Waals surface area contributed by atoms with Crippen LogP contribution in [-0.4, -0.2) is 32.5 Å². The molecule has 10 heteroatoms. The van der Waals surface area contributed by atoms with Crippen molar-refractivity contribution in [1.29, 1.82) is 0 Å². The molecule has 0 aliphatic carbocycles. The van der Waals surface area contributed by atoms with Gasteiger partial charge in [0.05, 0.1) is 4.92 Å². The molecular formula is C8H10NO8P. The monoisotopic (exact) mass is 279 g/mol. The molecule has 0 fully saturated rings. The van der Waals surface area contributed by atoms with Crippen molar-refractivity contribution in [3.8, 4) is 5.75 Å². The van der Waals surface area contributed by atoms with Gasteiger partial charge in [-0.2, -0.15) is 0 Å². The Morgan fingerprint density at radius 1 is 1.33 bits per heavy atom. The fourth-order valence-corrected chi connectivity index (χ4v) is 1.64. The zero-order valence-electron chi connectivity index (χ0n) is 8.87. The average molecular weight is 279 g/mol. The maximum atomic E-state index is 11.3. The lowest BCUT2D eigenvalue weighted by atomic mass is 10.3. The highest BCUT2D eigenvalue weighted by atomic mass is 31.2. The van der Waals surface area contributed by atoms with Gasteiger partial charge in [0.1, 0.15) is 5.75 Å². The third-order valence-electron chi connectivity index (χ3n) is 1.68. The molecule has 100 valence electrons. The number of nitrogens with zero attached hydrogens (tertiary/aromatic N) is 1. The first-order valence-corrected chi connectivity index (χ1v) is 6.04. The molecule has 0 saturated heterocycles. The van der Waals surface area contributed by atoms with Crippen LogP contribution in [0.5, 0.6) is 5.75 Å². The summed E-state index contributed by atoms with van der Waals surface area (Å²) in [5.74, 6) is -3.47. The first kappa shape index (κ1) is 14.6. The number of para-hydroxylation sites is 1. The quantitative estimate of drug-likeness (QED) is 0.288. The van der Waals surface area contributed by atoms with Crippen LogP contribution in [0.1, 0.15) is 0 Å². The van der Waals surface area contributed by atoms with E-state index >= 15 is 0 Å². The Morgan fingerprint density at radius 2 is 1.89 bits per heavy atom. The van der Waals surface area contributed by atoms with Crippen LogP contribution < -0.4 is 4.52 Å². The molecule has 0 bridgehead atoms. The summed E-state index contributed by atoms with van der Waals surface area (Å²) in [6.45, 7) is -1.42. The number of phosphoric acid groups is 1. The minimum atomic E-state index is -4.68. The highest BCUT2D eigenvalue weighted by molar-refractivity contribution is 7.47. The Bertz CT molecular complexity index is 461. The second-order valence-corrected chi connectivity index (χ2v) is 4.56. The summed E-state index contributed by atoms with van der Waals surface area (Å²) in [6.07, 6.45) is 0. The minimum Gasteiger partial charge on any atom is -0.404 e. The first-order chi connectivity index (χ1) is 8.23. The summed E-state index contributed by atoms with van der Waals surface area (Å²) in [7, 11) is -4.68. The molecule has 1 unspecified atom stereocenters. The summed E-state index contributed by atoms with van der Waals surface area (Å²) >= 11 is 0. The van der Waals surface area contributed by atoms with Gasteiger partial charge in [-0.1, -0.05) is 18.2 Å². The average Bonchev–Trinajstić information content (AvgIpc) is 2.27. The molecule has 0 aliphatic heterocycles. The van der Waals surface area contributed by atoms with Crippen molar-refractivity contribution >= 4 is 7.82 Å². The van der Waals surface area contributed by atoms with Gasteiger partial charge in [-0.05, 0) is 12.1 Å². The highest BCUT2D eigenvalue weighted by Gasteiger charge is 2.41. The third kappa shape index (κ3) is 4.40. The Balaban J connectivity index is 2.61. The molecule has 0 aliphatic rings. The van der Waals surface area contributed by atoms with E-state index in [-0.39, 0.29) is 5.75 Å². The van der Waals surface area contributed by atoms with Gasteiger partial charge in [-0.3, -0.25) is 19.5 Å². The second-order valence-electron chi connectivity index (χ2n) is 3.18. The fraction of sp³-hybridized carbons (Fsp3) is 0.250. The molecule has 0 radical (unpaired) electrons. The van der Waals surface area contributed by atoms with Gasteiger partial charge in [0, 0.05) is 0 Å². The lowest BCUT2D eigenvalue weighted by Crippen LogP contribution is -2.42. The molecule has 1 atom stereocenters. The van der Waals surface area contributed by atoms with Gasteiger partial charge in [-0.15, -0.1) is 0 Å². The van der Waals surface area contributed by atoms with Gasteiger partial charge in [0.25, 0.3) is 0 Å². The topological polar surface area (TPSA) is 139 Å². The van der Waals surface area contributed by atoms with Crippen LogP contribution in [-0.2, 0) is 9.09 Å². The van der Waals surface area contributed by atoms with Gasteiger partial charge in [0.15, 0.2) is 6.61 Å². The number of nitro groups is 1. The lowest BCUT2D eigenvalue weighted by Gasteiger charge is -2.16. The van der Waals surface area contributed by atoms with E-state index in [1.165, 1.54) is 24.3 Å². The van der Waals surface area contributed by atoms with Crippen molar-refractivity contribution in [2.75, 3.05) is 6.61 Å². The normalized spacial score (nSPS) is 14.8.